The van der Waals surface area contributed by atoms with E-state index < -0.39 is 35.1 Å². The highest BCUT2D eigenvalue weighted by atomic mass is 79.9. The Hall–Kier alpha value is -0.660. The Balaban J connectivity index is 2.18. The average molecular weight is 326 g/mol. The van der Waals surface area contributed by atoms with Crippen molar-refractivity contribution in [3.8, 4) is 0 Å². The van der Waals surface area contributed by atoms with E-state index in [-0.39, 0.29) is 0 Å². The lowest BCUT2D eigenvalue weighted by atomic mass is 9.85. The first-order valence-electron chi connectivity index (χ1n) is 5.31. The van der Waals surface area contributed by atoms with Gasteiger partial charge in [0.1, 0.15) is 5.82 Å². The van der Waals surface area contributed by atoms with Crippen LogP contribution in [0, 0.1) is 11.7 Å². The number of hydrogen-bond acceptors (Lipinski definition) is 2. The summed E-state index contributed by atoms with van der Waals surface area (Å²) in [4.78, 5) is 4.87. The molecule has 2 aliphatic rings. The van der Waals surface area contributed by atoms with Crippen molar-refractivity contribution in [3.63, 3.8) is 0 Å². The van der Waals surface area contributed by atoms with Gasteiger partial charge in [0.2, 0.25) is 0 Å². The second-order valence-electron chi connectivity index (χ2n) is 4.53. The van der Waals surface area contributed by atoms with Gasteiger partial charge in [-0.1, -0.05) is 15.9 Å². The van der Waals surface area contributed by atoms with Gasteiger partial charge in [0, 0.05) is 16.0 Å². The third-order valence-corrected chi connectivity index (χ3v) is 3.95. The number of alkyl halides is 3. The number of hydroxylamine groups is 1. The summed E-state index contributed by atoms with van der Waals surface area (Å²) in [5, 5.41) is 0. The minimum Gasteiger partial charge on any atom is -0.297 e. The maximum absolute atomic E-state index is 13.8. The molecule has 18 heavy (non-hydrogen) atoms. The highest BCUT2D eigenvalue weighted by Crippen LogP contribution is 2.59. The molecule has 1 saturated carbocycles. The van der Waals surface area contributed by atoms with E-state index in [9.17, 15) is 17.6 Å². The molecule has 1 aromatic carbocycles. The lowest BCUT2D eigenvalue weighted by Crippen LogP contribution is -2.53. The summed E-state index contributed by atoms with van der Waals surface area (Å²) in [6.07, 6.45) is -4.81. The molecule has 1 aliphatic heterocycles. The Bertz CT molecular complexity index is 506. The number of benzene rings is 1. The monoisotopic (exact) mass is 325 g/mol. The normalized spacial score (nSPS) is 34.5. The van der Waals surface area contributed by atoms with Gasteiger partial charge in [-0.05, 0) is 24.6 Å². The van der Waals surface area contributed by atoms with Gasteiger partial charge in [0.05, 0.1) is 6.10 Å². The van der Waals surface area contributed by atoms with Crippen molar-refractivity contribution in [2.75, 3.05) is 0 Å². The fraction of sp³-hybridized carbons (Fsp3) is 0.455. The fourth-order valence-corrected chi connectivity index (χ4v) is 2.84. The number of rotatable bonds is 1. The van der Waals surface area contributed by atoms with E-state index in [0.717, 1.165) is 12.1 Å². The van der Waals surface area contributed by atoms with Crippen molar-refractivity contribution in [2.45, 2.75) is 24.2 Å². The number of halogens is 5. The number of hydrogen-bond donors (Lipinski definition) is 1. The van der Waals surface area contributed by atoms with Crippen molar-refractivity contribution in [2.24, 2.45) is 5.92 Å². The predicted molar refractivity (Wildman–Crippen MR) is 57.9 cm³/mol. The van der Waals surface area contributed by atoms with Gasteiger partial charge >= 0.3 is 6.18 Å². The van der Waals surface area contributed by atoms with Crippen LogP contribution < -0.4 is 5.48 Å². The van der Waals surface area contributed by atoms with Crippen LogP contribution in [-0.2, 0) is 10.4 Å². The second-order valence-corrected chi connectivity index (χ2v) is 5.45. The van der Waals surface area contributed by atoms with E-state index in [0.29, 0.717) is 10.9 Å². The summed E-state index contributed by atoms with van der Waals surface area (Å²) >= 11 is 3.07. The van der Waals surface area contributed by atoms with Crippen LogP contribution in [0.1, 0.15) is 12.0 Å². The molecule has 1 unspecified atom stereocenters. The van der Waals surface area contributed by atoms with Crippen molar-refractivity contribution >= 4 is 15.9 Å². The van der Waals surface area contributed by atoms with Gasteiger partial charge < -0.3 is 0 Å². The molecular weight excluding hydrogens is 318 g/mol. The van der Waals surface area contributed by atoms with E-state index in [1.54, 1.807) is 0 Å². The highest BCUT2D eigenvalue weighted by Gasteiger charge is 2.73. The lowest BCUT2D eigenvalue weighted by Gasteiger charge is -2.33. The molecule has 7 heteroatoms. The van der Waals surface area contributed by atoms with Crippen LogP contribution in [-0.4, -0.2) is 12.3 Å². The zero-order valence-electron chi connectivity index (χ0n) is 8.89. The van der Waals surface area contributed by atoms with E-state index in [4.69, 9.17) is 4.84 Å². The minimum absolute atomic E-state index is 0.290. The molecule has 0 radical (unpaired) electrons. The molecule has 98 valence electrons. The molecule has 0 bridgehead atoms. The van der Waals surface area contributed by atoms with Gasteiger partial charge in [-0.25, -0.2) is 4.39 Å². The van der Waals surface area contributed by atoms with Crippen molar-refractivity contribution in [3.05, 3.63) is 34.1 Å². The molecule has 1 saturated heterocycles. The van der Waals surface area contributed by atoms with E-state index in [1.807, 2.05) is 5.48 Å². The second kappa shape index (κ2) is 3.68. The van der Waals surface area contributed by atoms with Crippen molar-refractivity contribution < 1.29 is 22.4 Å². The quantitative estimate of drug-likeness (QED) is 0.800. The molecule has 0 amide bonds. The molecule has 0 spiro atoms. The van der Waals surface area contributed by atoms with Gasteiger partial charge in [-0.3, -0.25) is 4.84 Å². The first-order chi connectivity index (χ1) is 8.36. The molecule has 3 atom stereocenters. The molecule has 2 fully saturated rings. The standard InChI is InChI=1S/C11H8BrF4NO/c12-5-1-2-8(13)6(3-5)10(11(14,15)16)7-4-9(7)18-17-10/h1-3,7,9,17H,4H2/t7-,9?,10+/m0/s1. The fourth-order valence-electron chi connectivity index (χ4n) is 2.48. The molecule has 1 N–H and O–H groups in total. The van der Waals surface area contributed by atoms with Gasteiger partial charge in [0.25, 0.3) is 0 Å². The Labute approximate surface area is 108 Å². The van der Waals surface area contributed by atoms with Crippen LogP contribution in [0.15, 0.2) is 22.7 Å². The van der Waals surface area contributed by atoms with E-state index >= 15 is 0 Å². The largest absolute Gasteiger partial charge is 0.413 e. The Morgan fingerprint density at radius 2 is 2.11 bits per heavy atom. The van der Waals surface area contributed by atoms with Gasteiger partial charge in [0.15, 0.2) is 5.54 Å². The van der Waals surface area contributed by atoms with Gasteiger partial charge in [-0.2, -0.15) is 18.7 Å². The first-order valence-corrected chi connectivity index (χ1v) is 6.10. The topological polar surface area (TPSA) is 21.3 Å². The average Bonchev–Trinajstić information content (AvgIpc) is 2.95. The van der Waals surface area contributed by atoms with Crippen LogP contribution in [0.25, 0.3) is 0 Å². The van der Waals surface area contributed by atoms with Crippen LogP contribution in [0.2, 0.25) is 0 Å². The van der Waals surface area contributed by atoms with Crippen LogP contribution in [0.5, 0.6) is 0 Å². The molecular formula is C11H8BrF4NO. The lowest BCUT2D eigenvalue weighted by molar-refractivity contribution is -0.223. The Morgan fingerprint density at radius 1 is 1.39 bits per heavy atom. The van der Waals surface area contributed by atoms with E-state index in [1.165, 1.54) is 6.07 Å². The Kier molecular flexibility index (Phi) is 2.53. The third kappa shape index (κ3) is 1.53. The van der Waals surface area contributed by atoms with Crippen LogP contribution >= 0.6 is 15.9 Å². The Morgan fingerprint density at radius 3 is 2.61 bits per heavy atom. The molecule has 1 heterocycles. The van der Waals surface area contributed by atoms with Crippen LogP contribution in [0.3, 0.4) is 0 Å². The molecule has 2 nitrogen and oxygen atoms in total. The maximum atomic E-state index is 13.8. The van der Waals surface area contributed by atoms with Crippen molar-refractivity contribution in [1.29, 1.82) is 0 Å². The molecule has 0 aromatic heterocycles. The SMILES string of the molecule is Fc1ccc(Br)cc1[C@@]1(C(F)(F)F)NOC2C[C@@H]21. The summed E-state index contributed by atoms with van der Waals surface area (Å²) in [5.41, 5.74) is -0.853. The van der Waals surface area contributed by atoms with E-state index in [2.05, 4.69) is 15.9 Å². The summed E-state index contributed by atoms with van der Waals surface area (Å²) < 4.78 is 54.3. The van der Waals surface area contributed by atoms with Gasteiger partial charge in [-0.15, -0.1) is 0 Å². The molecule has 3 rings (SSSR count). The third-order valence-electron chi connectivity index (χ3n) is 3.46. The predicted octanol–water partition coefficient (Wildman–Crippen LogP) is 3.27. The number of fused-ring (bicyclic) bond motifs is 1. The minimum atomic E-state index is -4.62. The smallest absolute Gasteiger partial charge is 0.297 e. The summed E-state index contributed by atoms with van der Waals surface area (Å²) in [6.45, 7) is 0. The van der Waals surface area contributed by atoms with Crippen molar-refractivity contribution in [1.82, 2.24) is 5.48 Å². The molecule has 1 aromatic rings. The summed E-state index contributed by atoms with van der Waals surface area (Å²) in [7, 11) is 0. The zero-order chi connectivity index (χ0) is 13.1. The first kappa shape index (κ1) is 12.4. The molecule has 1 aliphatic carbocycles. The number of nitrogens with one attached hydrogen (secondary N) is 1. The highest BCUT2D eigenvalue weighted by molar-refractivity contribution is 9.10. The summed E-state index contributed by atoms with van der Waals surface area (Å²) in [5.74, 6) is -1.65. The summed E-state index contributed by atoms with van der Waals surface area (Å²) in [6, 6.07) is 3.53. The van der Waals surface area contributed by atoms with Crippen LogP contribution in [0.4, 0.5) is 17.6 Å². The maximum Gasteiger partial charge on any atom is 0.413 e. The zero-order valence-corrected chi connectivity index (χ0v) is 10.5.